The molecule has 0 atom stereocenters. The number of hydrogen-bond acceptors (Lipinski definition) is 4. The summed E-state index contributed by atoms with van der Waals surface area (Å²) in [5.41, 5.74) is 4.18. The highest BCUT2D eigenvalue weighted by atomic mass is 16.6. The Morgan fingerprint density at radius 2 is 2.04 bits per heavy atom. The summed E-state index contributed by atoms with van der Waals surface area (Å²) < 4.78 is 5.43. The summed E-state index contributed by atoms with van der Waals surface area (Å²) in [6.07, 6.45) is 1.33. The maximum absolute atomic E-state index is 12.3. The van der Waals surface area contributed by atoms with Gasteiger partial charge in [0.1, 0.15) is 12.4 Å². The molecule has 120 valence electrons. The van der Waals surface area contributed by atoms with Crippen LogP contribution in [0.2, 0.25) is 0 Å². The van der Waals surface area contributed by atoms with E-state index in [0.717, 1.165) is 41.2 Å². The fourth-order valence-corrected chi connectivity index (χ4v) is 2.88. The molecule has 0 bridgehead atoms. The zero-order valence-electron chi connectivity index (χ0n) is 13.6. The predicted octanol–water partition coefficient (Wildman–Crippen LogP) is 3.04. The summed E-state index contributed by atoms with van der Waals surface area (Å²) in [6, 6.07) is 9.72. The molecule has 1 aliphatic rings. The SMILES string of the molecule is CCc1nc(C)nc2c1CN(C(=O)OCc1ccccc1)CC2. The lowest BCUT2D eigenvalue weighted by atomic mass is 10.0. The Balaban J connectivity index is 1.68. The molecule has 0 N–H and O–H groups in total. The Bertz CT molecular complexity index is 684. The Kier molecular flexibility index (Phi) is 4.55. The van der Waals surface area contributed by atoms with Crippen LogP contribution in [-0.4, -0.2) is 27.5 Å². The molecule has 3 rings (SSSR count). The zero-order valence-corrected chi connectivity index (χ0v) is 13.6. The van der Waals surface area contributed by atoms with E-state index in [1.807, 2.05) is 37.3 Å². The number of ether oxygens (including phenoxy) is 1. The molecule has 0 saturated heterocycles. The number of benzene rings is 1. The fraction of sp³-hybridized carbons (Fsp3) is 0.389. The molecule has 0 aliphatic carbocycles. The molecule has 0 radical (unpaired) electrons. The molecule has 0 unspecified atom stereocenters. The van der Waals surface area contributed by atoms with Gasteiger partial charge >= 0.3 is 6.09 Å². The average Bonchev–Trinajstić information content (AvgIpc) is 2.59. The van der Waals surface area contributed by atoms with Gasteiger partial charge in [0.2, 0.25) is 0 Å². The minimum atomic E-state index is -0.276. The monoisotopic (exact) mass is 311 g/mol. The van der Waals surface area contributed by atoms with Crippen LogP contribution in [0.5, 0.6) is 0 Å². The highest BCUT2D eigenvalue weighted by Crippen LogP contribution is 2.21. The van der Waals surface area contributed by atoms with Crippen LogP contribution < -0.4 is 0 Å². The van der Waals surface area contributed by atoms with Gasteiger partial charge < -0.3 is 9.64 Å². The van der Waals surface area contributed by atoms with Crippen LogP contribution >= 0.6 is 0 Å². The molecule has 1 aromatic heterocycles. The summed E-state index contributed by atoms with van der Waals surface area (Å²) >= 11 is 0. The number of fused-ring (bicyclic) bond motifs is 1. The van der Waals surface area contributed by atoms with Gasteiger partial charge in [-0.1, -0.05) is 37.3 Å². The number of nitrogens with zero attached hydrogens (tertiary/aromatic N) is 3. The largest absolute Gasteiger partial charge is 0.445 e. The van der Waals surface area contributed by atoms with Gasteiger partial charge in [-0.25, -0.2) is 14.8 Å². The molecule has 1 aliphatic heterocycles. The smallest absolute Gasteiger partial charge is 0.410 e. The highest BCUT2D eigenvalue weighted by molar-refractivity contribution is 5.68. The predicted molar refractivity (Wildman–Crippen MR) is 86.9 cm³/mol. The number of amides is 1. The van der Waals surface area contributed by atoms with Crippen LogP contribution in [0, 0.1) is 6.92 Å². The first-order chi connectivity index (χ1) is 11.2. The second kappa shape index (κ2) is 6.77. The van der Waals surface area contributed by atoms with Crippen molar-refractivity contribution in [3.05, 3.63) is 58.7 Å². The molecule has 2 aromatic rings. The van der Waals surface area contributed by atoms with Gasteiger partial charge in [0.25, 0.3) is 0 Å². The van der Waals surface area contributed by atoms with E-state index in [2.05, 4.69) is 16.9 Å². The van der Waals surface area contributed by atoms with E-state index in [0.29, 0.717) is 19.7 Å². The third-order valence-corrected chi connectivity index (χ3v) is 4.06. The van der Waals surface area contributed by atoms with E-state index >= 15 is 0 Å². The molecular formula is C18H21N3O2. The Morgan fingerprint density at radius 3 is 2.78 bits per heavy atom. The molecule has 0 fully saturated rings. The van der Waals surface area contributed by atoms with Gasteiger partial charge in [-0.2, -0.15) is 0 Å². The molecular weight excluding hydrogens is 290 g/mol. The maximum atomic E-state index is 12.3. The van der Waals surface area contributed by atoms with Crippen molar-refractivity contribution in [2.45, 2.75) is 39.8 Å². The Labute approximate surface area is 136 Å². The van der Waals surface area contributed by atoms with E-state index in [-0.39, 0.29) is 6.09 Å². The van der Waals surface area contributed by atoms with Crippen molar-refractivity contribution < 1.29 is 9.53 Å². The van der Waals surface area contributed by atoms with E-state index in [4.69, 9.17) is 4.74 Å². The number of carbonyl (C=O) groups is 1. The van der Waals surface area contributed by atoms with Crippen LogP contribution in [0.15, 0.2) is 30.3 Å². The van der Waals surface area contributed by atoms with Crippen molar-refractivity contribution >= 4 is 6.09 Å². The van der Waals surface area contributed by atoms with Crippen LogP contribution in [0.1, 0.15) is 35.3 Å². The third-order valence-electron chi connectivity index (χ3n) is 4.06. The van der Waals surface area contributed by atoms with Crippen molar-refractivity contribution in [1.82, 2.24) is 14.9 Å². The first kappa shape index (κ1) is 15.5. The number of rotatable bonds is 3. The first-order valence-corrected chi connectivity index (χ1v) is 7.98. The van der Waals surface area contributed by atoms with Crippen LogP contribution in [0.4, 0.5) is 4.79 Å². The van der Waals surface area contributed by atoms with E-state index in [1.54, 1.807) is 4.90 Å². The quantitative estimate of drug-likeness (QED) is 0.874. The molecule has 1 amide bonds. The first-order valence-electron chi connectivity index (χ1n) is 7.98. The molecule has 2 heterocycles. The second-order valence-electron chi connectivity index (χ2n) is 5.71. The van der Waals surface area contributed by atoms with E-state index in [9.17, 15) is 4.79 Å². The summed E-state index contributed by atoms with van der Waals surface area (Å²) in [4.78, 5) is 23.1. The lowest BCUT2D eigenvalue weighted by molar-refractivity contribution is 0.0914. The summed E-state index contributed by atoms with van der Waals surface area (Å²) in [5.74, 6) is 0.806. The van der Waals surface area contributed by atoms with Crippen LogP contribution in [0.3, 0.4) is 0 Å². The van der Waals surface area contributed by atoms with Gasteiger partial charge in [0.15, 0.2) is 0 Å². The molecule has 1 aromatic carbocycles. The number of carbonyl (C=O) groups excluding carboxylic acids is 1. The van der Waals surface area contributed by atoms with E-state index < -0.39 is 0 Å². The molecule has 5 nitrogen and oxygen atoms in total. The standard InChI is InChI=1S/C18H21N3O2/c1-3-16-15-11-21(10-9-17(15)20-13(2)19-16)18(22)23-12-14-7-5-4-6-8-14/h4-8H,3,9-12H2,1-2H3. The third kappa shape index (κ3) is 3.50. The van der Waals surface area contributed by atoms with Gasteiger partial charge in [-0.15, -0.1) is 0 Å². The molecule has 5 heteroatoms. The number of hydrogen-bond donors (Lipinski definition) is 0. The minimum absolute atomic E-state index is 0.276. The summed E-state index contributed by atoms with van der Waals surface area (Å²) in [6.45, 7) is 5.47. The Morgan fingerprint density at radius 1 is 1.26 bits per heavy atom. The zero-order chi connectivity index (χ0) is 16.2. The van der Waals surface area contributed by atoms with Gasteiger partial charge in [0.05, 0.1) is 12.2 Å². The normalized spacial score (nSPS) is 13.6. The van der Waals surface area contributed by atoms with Crippen molar-refractivity contribution in [2.24, 2.45) is 0 Å². The highest BCUT2D eigenvalue weighted by Gasteiger charge is 2.25. The van der Waals surface area contributed by atoms with Crippen molar-refractivity contribution in [3.8, 4) is 0 Å². The maximum Gasteiger partial charge on any atom is 0.410 e. The summed E-state index contributed by atoms with van der Waals surface area (Å²) in [5, 5.41) is 0. The van der Waals surface area contributed by atoms with Crippen molar-refractivity contribution in [1.29, 1.82) is 0 Å². The van der Waals surface area contributed by atoms with E-state index in [1.165, 1.54) is 0 Å². The topological polar surface area (TPSA) is 55.3 Å². The number of aromatic nitrogens is 2. The number of aryl methyl sites for hydroxylation is 2. The van der Waals surface area contributed by atoms with Crippen molar-refractivity contribution in [3.63, 3.8) is 0 Å². The Hall–Kier alpha value is -2.43. The average molecular weight is 311 g/mol. The molecule has 0 saturated carbocycles. The van der Waals surface area contributed by atoms with Crippen LogP contribution in [-0.2, 0) is 30.7 Å². The van der Waals surface area contributed by atoms with Gasteiger partial charge in [-0.3, -0.25) is 0 Å². The minimum Gasteiger partial charge on any atom is -0.445 e. The van der Waals surface area contributed by atoms with Crippen LogP contribution in [0.25, 0.3) is 0 Å². The van der Waals surface area contributed by atoms with Gasteiger partial charge in [0, 0.05) is 24.2 Å². The lowest BCUT2D eigenvalue weighted by Gasteiger charge is -2.28. The van der Waals surface area contributed by atoms with Crippen molar-refractivity contribution in [2.75, 3.05) is 6.54 Å². The van der Waals surface area contributed by atoms with Gasteiger partial charge in [-0.05, 0) is 18.9 Å². The fourth-order valence-electron chi connectivity index (χ4n) is 2.88. The molecule has 0 spiro atoms. The lowest BCUT2D eigenvalue weighted by Crippen LogP contribution is -2.37. The molecule has 23 heavy (non-hydrogen) atoms. The summed E-state index contributed by atoms with van der Waals surface area (Å²) in [7, 11) is 0. The second-order valence-corrected chi connectivity index (χ2v) is 5.71.